The molecule has 2 heteroatoms. The van der Waals surface area contributed by atoms with E-state index >= 15 is 0 Å². The molecule has 0 atom stereocenters. The first-order chi connectivity index (χ1) is 6.43. The largest absolute Gasteiger partial charge is 0.344 e. The van der Waals surface area contributed by atoms with E-state index in [1.165, 1.54) is 0 Å². The lowest BCUT2D eigenvalue weighted by Crippen LogP contribution is -2.44. The molecule has 0 unspecified atom stereocenters. The minimum atomic E-state index is -0.0700. The molecule has 1 amide bonds. The van der Waals surface area contributed by atoms with Crippen molar-refractivity contribution in [2.75, 3.05) is 0 Å². The average Bonchev–Trinajstić information content (AvgIpc) is 2.28. The third-order valence-corrected chi connectivity index (χ3v) is 2.47. The molecule has 0 aromatic rings. The molecule has 1 rings (SSSR count). The Kier molecular flexibility index (Phi) is 3.35. The summed E-state index contributed by atoms with van der Waals surface area (Å²) >= 11 is 0. The van der Waals surface area contributed by atoms with Gasteiger partial charge in [-0.15, -0.1) is 0 Å². The second-order valence-corrected chi connectivity index (χ2v) is 5.17. The van der Waals surface area contributed by atoms with Crippen LogP contribution in [-0.4, -0.2) is 11.4 Å². The summed E-state index contributed by atoms with van der Waals surface area (Å²) in [6, 6.07) is 0. The second-order valence-electron chi connectivity index (χ2n) is 5.17. The molecular weight excluding hydrogens is 174 g/mol. The number of rotatable bonds is 4. The zero-order chi connectivity index (χ0) is 10.8. The van der Waals surface area contributed by atoms with E-state index < -0.39 is 0 Å². The summed E-state index contributed by atoms with van der Waals surface area (Å²) in [5.74, 6) is 1.28. The van der Waals surface area contributed by atoms with Crippen LogP contribution in [-0.2, 0) is 4.79 Å². The molecule has 1 aliphatic heterocycles. The molecule has 0 saturated carbocycles. The van der Waals surface area contributed by atoms with Gasteiger partial charge in [-0.2, -0.15) is 0 Å². The number of hydrogen-bond acceptors (Lipinski definition) is 1. The van der Waals surface area contributed by atoms with E-state index in [0.717, 1.165) is 12.8 Å². The highest BCUT2D eigenvalue weighted by Crippen LogP contribution is 2.29. The SMILES string of the molecule is CC(C)CC1(CC(C)C)C=CC(=O)N1. The summed E-state index contributed by atoms with van der Waals surface area (Å²) in [5, 5.41) is 3.08. The lowest BCUT2D eigenvalue weighted by molar-refractivity contribution is -0.117. The smallest absolute Gasteiger partial charge is 0.244 e. The fraction of sp³-hybridized carbons (Fsp3) is 0.750. The summed E-state index contributed by atoms with van der Waals surface area (Å²) in [7, 11) is 0. The van der Waals surface area contributed by atoms with E-state index in [-0.39, 0.29) is 11.4 Å². The average molecular weight is 195 g/mol. The Morgan fingerprint density at radius 3 is 2.00 bits per heavy atom. The van der Waals surface area contributed by atoms with Gasteiger partial charge in [0.15, 0.2) is 0 Å². The Balaban J connectivity index is 2.71. The van der Waals surface area contributed by atoms with Crippen molar-refractivity contribution < 1.29 is 4.79 Å². The zero-order valence-electron chi connectivity index (χ0n) is 9.63. The number of nitrogens with one attached hydrogen (secondary N) is 1. The van der Waals surface area contributed by atoms with E-state index in [4.69, 9.17) is 0 Å². The third-order valence-electron chi connectivity index (χ3n) is 2.47. The number of carbonyl (C=O) groups is 1. The normalized spacial score (nSPS) is 19.4. The first-order valence-corrected chi connectivity index (χ1v) is 5.45. The third kappa shape index (κ3) is 2.86. The summed E-state index contributed by atoms with van der Waals surface area (Å²) in [6.45, 7) is 8.78. The predicted molar refractivity (Wildman–Crippen MR) is 58.9 cm³/mol. The lowest BCUT2D eigenvalue weighted by Gasteiger charge is -2.31. The predicted octanol–water partition coefficient (Wildman–Crippen LogP) is 2.50. The van der Waals surface area contributed by atoms with Gasteiger partial charge in [-0.1, -0.05) is 33.8 Å². The molecule has 0 bridgehead atoms. The summed E-state index contributed by atoms with van der Waals surface area (Å²) in [4.78, 5) is 11.2. The van der Waals surface area contributed by atoms with Crippen LogP contribution in [0, 0.1) is 11.8 Å². The van der Waals surface area contributed by atoms with Crippen LogP contribution < -0.4 is 5.32 Å². The van der Waals surface area contributed by atoms with Crippen molar-refractivity contribution in [2.24, 2.45) is 11.8 Å². The highest BCUT2D eigenvalue weighted by molar-refractivity contribution is 5.91. The molecule has 0 radical (unpaired) electrons. The van der Waals surface area contributed by atoms with E-state index in [0.29, 0.717) is 11.8 Å². The molecule has 80 valence electrons. The van der Waals surface area contributed by atoms with Crippen molar-refractivity contribution in [2.45, 2.75) is 46.1 Å². The van der Waals surface area contributed by atoms with Gasteiger partial charge in [0.2, 0.25) is 5.91 Å². The summed E-state index contributed by atoms with van der Waals surface area (Å²) in [6.07, 6.45) is 5.79. The summed E-state index contributed by atoms with van der Waals surface area (Å²) in [5.41, 5.74) is -0.0700. The molecule has 0 spiro atoms. The monoisotopic (exact) mass is 195 g/mol. The van der Waals surface area contributed by atoms with Crippen LogP contribution in [0.3, 0.4) is 0 Å². The number of carbonyl (C=O) groups excluding carboxylic acids is 1. The van der Waals surface area contributed by atoms with Crippen LogP contribution in [0.15, 0.2) is 12.2 Å². The molecule has 2 nitrogen and oxygen atoms in total. The first kappa shape index (κ1) is 11.3. The van der Waals surface area contributed by atoms with Gasteiger partial charge in [-0.3, -0.25) is 4.79 Å². The van der Waals surface area contributed by atoms with Crippen LogP contribution in [0.25, 0.3) is 0 Å². The Bertz CT molecular complexity index is 231. The topological polar surface area (TPSA) is 29.1 Å². The highest BCUT2D eigenvalue weighted by Gasteiger charge is 2.33. The standard InChI is InChI=1S/C12H21NO/c1-9(2)7-12(8-10(3)4)6-5-11(14)13-12/h5-6,9-10H,7-8H2,1-4H3,(H,13,14). The molecule has 1 aliphatic rings. The fourth-order valence-electron chi connectivity index (χ4n) is 2.34. The van der Waals surface area contributed by atoms with Gasteiger partial charge < -0.3 is 5.32 Å². The maximum absolute atomic E-state index is 11.2. The van der Waals surface area contributed by atoms with Crippen molar-refractivity contribution in [3.63, 3.8) is 0 Å². The quantitative estimate of drug-likeness (QED) is 0.733. The summed E-state index contributed by atoms with van der Waals surface area (Å²) < 4.78 is 0. The second kappa shape index (κ2) is 4.16. The molecule has 0 aliphatic carbocycles. The van der Waals surface area contributed by atoms with Crippen molar-refractivity contribution in [3.05, 3.63) is 12.2 Å². The lowest BCUT2D eigenvalue weighted by atomic mass is 9.83. The Hall–Kier alpha value is -0.790. The molecule has 0 fully saturated rings. The van der Waals surface area contributed by atoms with Crippen molar-refractivity contribution in [1.82, 2.24) is 5.32 Å². The van der Waals surface area contributed by atoms with Gasteiger partial charge in [-0.05, 0) is 24.7 Å². The Morgan fingerprint density at radius 2 is 1.71 bits per heavy atom. The zero-order valence-corrected chi connectivity index (χ0v) is 9.63. The van der Waals surface area contributed by atoms with E-state index in [9.17, 15) is 4.79 Å². The minimum Gasteiger partial charge on any atom is -0.344 e. The van der Waals surface area contributed by atoms with Crippen molar-refractivity contribution in [1.29, 1.82) is 0 Å². The van der Waals surface area contributed by atoms with Crippen LogP contribution in [0.1, 0.15) is 40.5 Å². The molecule has 14 heavy (non-hydrogen) atoms. The van der Waals surface area contributed by atoms with Crippen molar-refractivity contribution in [3.8, 4) is 0 Å². The van der Waals surface area contributed by atoms with Gasteiger partial charge in [-0.25, -0.2) is 0 Å². The van der Waals surface area contributed by atoms with Gasteiger partial charge in [0.1, 0.15) is 0 Å². The van der Waals surface area contributed by atoms with E-state index in [1.54, 1.807) is 6.08 Å². The van der Waals surface area contributed by atoms with Crippen LogP contribution in [0.2, 0.25) is 0 Å². The molecule has 1 N–H and O–H groups in total. The molecule has 0 aromatic heterocycles. The molecular formula is C12H21NO. The maximum Gasteiger partial charge on any atom is 0.244 e. The van der Waals surface area contributed by atoms with Gasteiger partial charge in [0.05, 0.1) is 5.54 Å². The first-order valence-electron chi connectivity index (χ1n) is 5.45. The van der Waals surface area contributed by atoms with Gasteiger partial charge in [0, 0.05) is 6.08 Å². The molecule has 0 aromatic carbocycles. The number of amides is 1. The Labute approximate surface area is 86.8 Å². The minimum absolute atomic E-state index is 0.0614. The number of hydrogen-bond donors (Lipinski definition) is 1. The highest BCUT2D eigenvalue weighted by atomic mass is 16.1. The maximum atomic E-state index is 11.2. The fourth-order valence-corrected chi connectivity index (χ4v) is 2.34. The van der Waals surface area contributed by atoms with Gasteiger partial charge >= 0.3 is 0 Å². The molecule has 0 saturated heterocycles. The Morgan fingerprint density at radius 1 is 1.21 bits per heavy atom. The van der Waals surface area contributed by atoms with Crippen LogP contribution in [0.5, 0.6) is 0 Å². The van der Waals surface area contributed by atoms with E-state index in [2.05, 4.69) is 39.1 Å². The van der Waals surface area contributed by atoms with Crippen LogP contribution >= 0.6 is 0 Å². The van der Waals surface area contributed by atoms with Crippen molar-refractivity contribution >= 4 is 5.91 Å². The van der Waals surface area contributed by atoms with Crippen LogP contribution in [0.4, 0.5) is 0 Å². The molecule has 1 heterocycles. The van der Waals surface area contributed by atoms with E-state index in [1.807, 2.05) is 0 Å². The van der Waals surface area contributed by atoms with Gasteiger partial charge in [0.25, 0.3) is 0 Å².